The lowest BCUT2D eigenvalue weighted by Gasteiger charge is -2.46. The van der Waals surface area contributed by atoms with Gasteiger partial charge in [-0.2, -0.15) is 0 Å². The first-order chi connectivity index (χ1) is 21.2. The van der Waals surface area contributed by atoms with Crippen LogP contribution in [0.15, 0.2) is 146 Å². The number of amides is 1. The molecular weight excluding hydrogens is 528 g/mol. The third-order valence-electron chi connectivity index (χ3n) is 8.16. The molecule has 0 bridgehead atoms. The van der Waals surface area contributed by atoms with Gasteiger partial charge in [0, 0.05) is 12.2 Å². The SMILES string of the molecule is Cc1ccc(N2C(=O)c3ccccc3N(Cc3ccccc3)[C@H]2c2ccc(OCc3cccc4ccccc34)cc2)cc1. The van der Waals surface area contributed by atoms with Crippen molar-refractivity contribution in [3.8, 4) is 5.75 Å². The van der Waals surface area contributed by atoms with Gasteiger partial charge in [0.15, 0.2) is 0 Å². The van der Waals surface area contributed by atoms with Crippen LogP contribution >= 0.6 is 0 Å². The van der Waals surface area contributed by atoms with Gasteiger partial charge in [-0.3, -0.25) is 9.69 Å². The van der Waals surface area contributed by atoms with E-state index in [-0.39, 0.29) is 12.1 Å². The maximum absolute atomic E-state index is 14.2. The second-order valence-corrected chi connectivity index (χ2v) is 11.0. The minimum Gasteiger partial charge on any atom is -0.489 e. The summed E-state index contributed by atoms with van der Waals surface area (Å²) in [5, 5.41) is 2.40. The van der Waals surface area contributed by atoms with Crippen molar-refractivity contribution >= 4 is 28.1 Å². The molecule has 1 heterocycles. The number of carbonyl (C=O) groups is 1. The molecule has 0 aliphatic carbocycles. The van der Waals surface area contributed by atoms with Crippen molar-refractivity contribution in [1.82, 2.24) is 0 Å². The quantitative estimate of drug-likeness (QED) is 0.195. The lowest BCUT2D eigenvalue weighted by atomic mass is 9.99. The number of aryl methyl sites for hydroxylation is 1. The second kappa shape index (κ2) is 11.5. The Balaban J connectivity index is 1.26. The van der Waals surface area contributed by atoms with Gasteiger partial charge in [-0.25, -0.2) is 0 Å². The topological polar surface area (TPSA) is 32.8 Å². The number of nitrogens with zero attached hydrogens (tertiary/aromatic N) is 2. The molecule has 0 unspecified atom stereocenters. The van der Waals surface area contributed by atoms with Crippen molar-refractivity contribution < 1.29 is 9.53 Å². The van der Waals surface area contributed by atoms with Crippen molar-refractivity contribution in [1.29, 1.82) is 0 Å². The largest absolute Gasteiger partial charge is 0.489 e. The maximum Gasteiger partial charge on any atom is 0.262 e. The predicted octanol–water partition coefficient (Wildman–Crippen LogP) is 9.09. The van der Waals surface area contributed by atoms with Crippen molar-refractivity contribution in [3.05, 3.63) is 173 Å². The summed E-state index contributed by atoms with van der Waals surface area (Å²) in [7, 11) is 0. The third kappa shape index (κ3) is 5.24. The first-order valence-electron chi connectivity index (χ1n) is 14.6. The lowest BCUT2D eigenvalue weighted by Crippen LogP contribution is -2.49. The Kier molecular flexibility index (Phi) is 7.10. The molecule has 0 saturated carbocycles. The zero-order valence-electron chi connectivity index (χ0n) is 24.1. The van der Waals surface area contributed by atoms with E-state index in [4.69, 9.17) is 4.74 Å². The van der Waals surface area contributed by atoms with Crippen molar-refractivity contribution in [2.75, 3.05) is 9.80 Å². The highest BCUT2D eigenvalue weighted by molar-refractivity contribution is 6.12. The van der Waals surface area contributed by atoms with Crippen LogP contribution in [-0.2, 0) is 13.2 Å². The first kappa shape index (κ1) is 26.5. The minimum atomic E-state index is -0.350. The van der Waals surface area contributed by atoms with E-state index in [0.29, 0.717) is 18.7 Å². The number of carbonyl (C=O) groups excluding carboxylic acids is 1. The Labute approximate surface area is 252 Å². The van der Waals surface area contributed by atoms with Crippen LogP contribution in [0.2, 0.25) is 0 Å². The smallest absolute Gasteiger partial charge is 0.262 e. The van der Waals surface area contributed by atoms with Crippen LogP contribution in [-0.4, -0.2) is 5.91 Å². The van der Waals surface area contributed by atoms with Crippen LogP contribution in [0.4, 0.5) is 11.4 Å². The standard InChI is InChI=1S/C39H32N2O2/c1-28-18-22-33(23-19-28)41-38(40(26-29-10-3-2-4-11-29)37-17-8-7-16-36(37)39(41)42)31-20-24-34(25-21-31)43-27-32-14-9-13-30-12-5-6-15-35(30)32/h2-25,38H,26-27H2,1H3/t38-/m1/s1. The van der Waals surface area contributed by atoms with Gasteiger partial charge >= 0.3 is 0 Å². The number of anilines is 2. The van der Waals surface area contributed by atoms with E-state index >= 15 is 0 Å². The average molecular weight is 561 g/mol. The Morgan fingerprint density at radius 2 is 1.37 bits per heavy atom. The van der Waals surface area contributed by atoms with Crippen LogP contribution in [0.1, 0.15) is 38.8 Å². The highest BCUT2D eigenvalue weighted by Gasteiger charge is 2.39. The summed E-state index contributed by atoms with van der Waals surface area (Å²) in [6.07, 6.45) is -0.350. The number of hydrogen-bond donors (Lipinski definition) is 0. The summed E-state index contributed by atoms with van der Waals surface area (Å²) in [5.74, 6) is 0.778. The molecule has 0 N–H and O–H groups in total. The fraction of sp³-hybridized carbons (Fsp3) is 0.103. The summed E-state index contributed by atoms with van der Waals surface area (Å²) >= 11 is 0. The molecule has 1 aliphatic heterocycles. The van der Waals surface area contributed by atoms with Crippen molar-refractivity contribution in [2.45, 2.75) is 26.2 Å². The van der Waals surface area contributed by atoms with Gasteiger partial charge in [-0.05, 0) is 70.8 Å². The molecule has 1 atom stereocenters. The molecule has 0 radical (unpaired) electrons. The average Bonchev–Trinajstić information content (AvgIpc) is 3.06. The monoisotopic (exact) mass is 560 g/mol. The van der Waals surface area contributed by atoms with Crippen LogP contribution in [0.3, 0.4) is 0 Å². The number of ether oxygens (including phenoxy) is 1. The summed E-state index contributed by atoms with van der Waals surface area (Å²) in [4.78, 5) is 18.5. The zero-order valence-corrected chi connectivity index (χ0v) is 24.1. The van der Waals surface area contributed by atoms with Gasteiger partial charge in [0.25, 0.3) is 5.91 Å². The Morgan fingerprint density at radius 3 is 2.19 bits per heavy atom. The second-order valence-electron chi connectivity index (χ2n) is 11.0. The molecule has 6 aromatic carbocycles. The van der Waals surface area contributed by atoms with Crippen molar-refractivity contribution in [3.63, 3.8) is 0 Å². The van der Waals surface area contributed by atoms with Crippen LogP contribution < -0.4 is 14.5 Å². The Bertz CT molecular complexity index is 1880. The van der Waals surface area contributed by atoms with Gasteiger partial charge < -0.3 is 9.64 Å². The number of para-hydroxylation sites is 1. The molecular formula is C39H32N2O2. The molecule has 0 spiro atoms. The molecule has 7 rings (SSSR count). The maximum atomic E-state index is 14.2. The molecule has 43 heavy (non-hydrogen) atoms. The summed E-state index contributed by atoms with van der Waals surface area (Å²) < 4.78 is 6.27. The molecule has 0 fully saturated rings. The van der Waals surface area contributed by atoms with Crippen molar-refractivity contribution in [2.24, 2.45) is 0 Å². The normalized spacial score (nSPS) is 14.5. The molecule has 0 saturated heterocycles. The number of hydrogen-bond acceptors (Lipinski definition) is 3. The van der Waals surface area contributed by atoms with Gasteiger partial charge in [0.05, 0.1) is 11.3 Å². The van der Waals surface area contributed by atoms with Gasteiger partial charge in [0.1, 0.15) is 18.5 Å². The van der Waals surface area contributed by atoms with E-state index in [2.05, 4.69) is 109 Å². The molecule has 0 aromatic heterocycles. The number of rotatable bonds is 7. The summed E-state index contributed by atoms with van der Waals surface area (Å²) in [5.41, 5.74) is 6.98. The van der Waals surface area contributed by atoms with Crippen LogP contribution in [0.5, 0.6) is 5.75 Å². The number of fused-ring (bicyclic) bond motifs is 2. The van der Waals surface area contributed by atoms with Gasteiger partial charge in [0.2, 0.25) is 0 Å². The Hall–Kier alpha value is -5.35. The van der Waals surface area contributed by atoms with E-state index in [1.807, 2.05) is 53.4 Å². The predicted molar refractivity (Wildman–Crippen MR) is 175 cm³/mol. The van der Waals surface area contributed by atoms with Crippen LogP contribution in [0, 0.1) is 6.92 Å². The molecule has 4 nitrogen and oxygen atoms in total. The van der Waals surface area contributed by atoms with Gasteiger partial charge in [-0.1, -0.05) is 115 Å². The van der Waals surface area contributed by atoms with E-state index < -0.39 is 0 Å². The highest BCUT2D eigenvalue weighted by Crippen LogP contribution is 2.42. The molecule has 1 aliphatic rings. The molecule has 1 amide bonds. The summed E-state index contributed by atoms with van der Waals surface area (Å²) in [6.45, 7) is 3.19. The molecule has 210 valence electrons. The zero-order chi connectivity index (χ0) is 29.2. The minimum absolute atomic E-state index is 0.00922. The highest BCUT2D eigenvalue weighted by atomic mass is 16.5. The Morgan fingerprint density at radius 1 is 0.674 bits per heavy atom. The fourth-order valence-corrected chi connectivity index (χ4v) is 5.98. The number of benzene rings is 6. The molecule has 4 heteroatoms. The fourth-order valence-electron chi connectivity index (χ4n) is 5.98. The van der Waals surface area contributed by atoms with E-state index in [9.17, 15) is 4.79 Å². The molecule has 6 aromatic rings. The van der Waals surface area contributed by atoms with E-state index in [0.717, 1.165) is 33.8 Å². The van der Waals surface area contributed by atoms with E-state index in [1.54, 1.807) is 0 Å². The lowest BCUT2D eigenvalue weighted by molar-refractivity contribution is 0.0968. The van der Waals surface area contributed by atoms with Crippen LogP contribution in [0.25, 0.3) is 10.8 Å². The first-order valence-corrected chi connectivity index (χ1v) is 14.6. The van der Waals surface area contributed by atoms with Gasteiger partial charge in [-0.15, -0.1) is 0 Å². The third-order valence-corrected chi connectivity index (χ3v) is 8.16. The van der Waals surface area contributed by atoms with E-state index in [1.165, 1.54) is 16.3 Å². The summed E-state index contributed by atoms with van der Waals surface area (Å²) in [6, 6.07) is 49.4.